The molecule has 0 aliphatic carbocycles. The molecule has 0 atom stereocenters. The Hall–Kier alpha value is -0.970. The summed E-state index contributed by atoms with van der Waals surface area (Å²) in [7, 11) is 0. The van der Waals surface area contributed by atoms with Crippen molar-refractivity contribution in [3.05, 3.63) is 22.7 Å². The van der Waals surface area contributed by atoms with Gasteiger partial charge in [0.2, 0.25) is 0 Å². The van der Waals surface area contributed by atoms with Crippen LogP contribution in [0.5, 0.6) is 11.5 Å². The molecule has 0 fully saturated rings. The smallest absolute Gasteiger partial charge is 0.162 e. The molecule has 4 nitrogen and oxygen atoms in total. The first-order valence-corrected chi connectivity index (χ1v) is 7.25. The van der Waals surface area contributed by atoms with Gasteiger partial charge in [-0.25, -0.2) is 0 Å². The monoisotopic (exact) mass is 301 g/mol. The molecular formula is C15H24ClNO3. The van der Waals surface area contributed by atoms with Gasteiger partial charge in [0, 0.05) is 23.2 Å². The molecule has 0 saturated carbocycles. The lowest BCUT2D eigenvalue weighted by Gasteiger charge is -2.24. The number of aliphatic hydroxyl groups is 1. The third-order valence-corrected chi connectivity index (χ3v) is 3.22. The van der Waals surface area contributed by atoms with Gasteiger partial charge in [-0.15, -0.1) is 0 Å². The Kier molecular flexibility index (Phi) is 6.59. The van der Waals surface area contributed by atoms with Gasteiger partial charge in [0.05, 0.1) is 19.8 Å². The number of hydrogen-bond donors (Lipinski definition) is 2. The maximum atomic E-state index is 9.25. The number of aliphatic hydroxyl groups excluding tert-OH is 1. The second kappa shape index (κ2) is 7.72. The summed E-state index contributed by atoms with van der Waals surface area (Å²) in [6.45, 7) is 9.44. The first kappa shape index (κ1) is 17.1. The molecule has 0 radical (unpaired) electrons. The van der Waals surface area contributed by atoms with Crippen molar-refractivity contribution < 1.29 is 14.6 Å². The summed E-state index contributed by atoms with van der Waals surface area (Å²) in [6.07, 6.45) is 0. The Labute approximate surface area is 126 Å². The normalized spacial score (nSPS) is 11.5. The van der Waals surface area contributed by atoms with E-state index in [0.717, 1.165) is 5.56 Å². The van der Waals surface area contributed by atoms with Crippen molar-refractivity contribution in [1.29, 1.82) is 0 Å². The molecule has 114 valence electrons. The standard InChI is InChI=1S/C15H24ClNO3/c1-5-19-13-7-11(9-17-15(3,4)10-18)12(16)8-14(13)20-6-2/h7-8,17-18H,5-6,9-10H2,1-4H3. The molecule has 0 heterocycles. The van der Waals surface area contributed by atoms with Crippen molar-refractivity contribution in [2.45, 2.75) is 39.8 Å². The van der Waals surface area contributed by atoms with E-state index >= 15 is 0 Å². The van der Waals surface area contributed by atoms with Crippen molar-refractivity contribution in [3.8, 4) is 11.5 Å². The predicted molar refractivity (Wildman–Crippen MR) is 81.8 cm³/mol. The van der Waals surface area contributed by atoms with Gasteiger partial charge in [0.25, 0.3) is 0 Å². The first-order chi connectivity index (χ1) is 9.43. The lowest BCUT2D eigenvalue weighted by Crippen LogP contribution is -2.42. The molecule has 1 aromatic rings. The van der Waals surface area contributed by atoms with Crippen LogP contribution in [0.2, 0.25) is 5.02 Å². The molecule has 0 aromatic heterocycles. The van der Waals surface area contributed by atoms with Crippen LogP contribution in [0, 0.1) is 0 Å². The van der Waals surface area contributed by atoms with Gasteiger partial charge in [0.15, 0.2) is 11.5 Å². The molecule has 5 heteroatoms. The highest BCUT2D eigenvalue weighted by molar-refractivity contribution is 6.31. The quantitative estimate of drug-likeness (QED) is 0.775. The molecule has 2 N–H and O–H groups in total. The molecule has 0 unspecified atom stereocenters. The van der Waals surface area contributed by atoms with Crippen LogP contribution in [0.4, 0.5) is 0 Å². The second-order valence-corrected chi connectivity index (χ2v) is 5.56. The minimum Gasteiger partial charge on any atom is -0.490 e. The molecule has 1 rings (SSSR count). The van der Waals surface area contributed by atoms with E-state index in [1.165, 1.54) is 0 Å². The molecule has 0 spiro atoms. The zero-order valence-corrected chi connectivity index (χ0v) is 13.4. The van der Waals surface area contributed by atoms with Gasteiger partial charge in [-0.05, 0) is 39.3 Å². The Morgan fingerprint density at radius 1 is 1.15 bits per heavy atom. The summed E-state index contributed by atoms with van der Waals surface area (Å²) in [5.41, 5.74) is 0.563. The highest BCUT2D eigenvalue weighted by Crippen LogP contribution is 2.33. The van der Waals surface area contributed by atoms with E-state index < -0.39 is 0 Å². The number of ether oxygens (including phenoxy) is 2. The number of halogens is 1. The van der Waals surface area contributed by atoms with Crippen LogP contribution in [-0.2, 0) is 6.54 Å². The van der Waals surface area contributed by atoms with Gasteiger partial charge >= 0.3 is 0 Å². The molecule has 0 aliphatic heterocycles. The van der Waals surface area contributed by atoms with Crippen LogP contribution < -0.4 is 14.8 Å². The molecule has 0 bridgehead atoms. The maximum absolute atomic E-state index is 9.25. The summed E-state index contributed by atoms with van der Waals surface area (Å²) in [5, 5.41) is 13.1. The van der Waals surface area contributed by atoms with Crippen LogP contribution >= 0.6 is 11.6 Å². The average molecular weight is 302 g/mol. The van der Waals surface area contributed by atoms with Gasteiger partial charge in [-0.3, -0.25) is 0 Å². The van der Waals surface area contributed by atoms with Crippen LogP contribution in [-0.4, -0.2) is 30.5 Å². The van der Waals surface area contributed by atoms with E-state index in [0.29, 0.717) is 36.3 Å². The predicted octanol–water partition coefficient (Wildman–Crippen LogP) is 3.00. The fourth-order valence-electron chi connectivity index (χ4n) is 1.64. The molecule has 0 saturated heterocycles. The molecule has 1 aromatic carbocycles. The SMILES string of the molecule is CCOc1cc(Cl)c(CNC(C)(C)CO)cc1OCC. The highest BCUT2D eigenvalue weighted by atomic mass is 35.5. The van der Waals surface area contributed by atoms with E-state index in [1.54, 1.807) is 6.07 Å². The molecular weight excluding hydrogens is 278 g/mol. The lowest BCUT2D eigenvalue weighted by molar-refractivity contribution is 0.187. The average Bonchev–Trinajstić information content (AvgIpc) is 2.41. The van der Waals surface area contributed by atoms with Crippen molar-refractivity contribution in [2.75, 3.05) is 19.8 Å². The lowest BCUT2D eigenvalue weighted by atomic mass is 10.1. The molecule has 0 amide bonds. The minimum atomic E-state index is -0.353. The summed E-state index contributed by atoms with van der Waals surface area (Å²) < 4.78 is 11.1. The Morgan fingerprint density at radius 2 is 1.70 bits per heavy atom. The Morgan fingerprint density at radius 3 is 2.20 bits per heavy atom. The zero-order valence-electron chi connectivity index (χ0n) is 12.6. The second-order valence-electron chi connectivity index (χ2n) is 5.15. The maximum Gasteiger partial charge on any atom is 0.162 e. The summed E-state index contributed by atoms with van der Waals surface area (Å²) >= 11 is 6.27. The van der Waals surface area contributed by atoms with E-state index in [2.05, 4.69) is 5.32 Å². The van der Waals surface area contributed by atoms with Crippen molar-refractivity contribution >= 4 is 11.6 Å². The number of rotatable bonds is 8. The summed E-state index contributed by atoms with van der Waals surface area (Å²) in [6, 6.07) is 3.66. The third kappa shape index (κ3) is 4.85. The van der Waals surface area contributed by atoms with Crippen molar-refractivity contribution in [3.63, 3.8) is 0 Å². The van der Waals surface area contributed by atoms with Gasteiger partial charge in [-0.1, -0.05) is 11.6 Å². The van der Waals surface area contributed by atoms with Crippen molar-refractivity contribution in [2.24, 2.45) is 0 Å². The van der Waals surface area contributed by atoms with Crippen LogP contribution in [0.15, 0.2) is 12.1 Å². The van der Waals surface area contributed by atoms with E-state index in [1.807, 2.05) is 33.8 Å². The largest absolute Gasteiger partial charge is 0.490 e. The van der Waals surface area contributed by atoms with Gasteiger partial charge in [0.1, 0.15) is 0 Å². The van der Waals surface area contributed by atoms with Crippen molar-refractivity contribution in [1.82, 2.24) is 5.32 Å². The van der Waals surface area contributed by atoms with Gasteiger partial charge in [-0.2, -0.15) is 0 Å². The zero-order chi connectivity index (χ0) is 15.2. The van der Waals surface area contributed by atoms with E-state index in [-0.39, 0.29) is 12.1 Å². The highest BCUT2D eigenvalue weighted by Gasteiger charge is 2.17. The fraction of sp³-hybridized carbons (Fsp3) is 0.600. The van der Waals surface area contributed by atoms with E-state index in [4.69, 9.17) is 21.1 Å². The minimum absolute atomic E-state index is 0.0555. The molecule has 0 aliphatic rings. The first-order valence-electron chi connectivity index (χ1n) is 6.87. The summed E-state index contributed by atoms with van der Waals surface area (Å²) in [4.78, 5) is 0. The molecule has 20 heavy (non-hydrogen) atoms. The third-order valence-electron chi connectivity index (χ3n) is 2.87. The van der Waals surface area contributed by atoms with Crippen LogP contribution in [0.25, 0.3) is 0 Å². The number of benzene rings is 1. The van der Waals surface area contributed by atoms with Crippen LogP contribution in [0.1, 0.15) is 33.3 Å². The Bertz CT molecular complexity index is 435. The topological polar surface area (TPSA) is 50.7 Å². The number of nitrogens with one attached hydrogen (secondary N) is 1. The summed E-state index contributed by atoms with van der Waals surface area (Å²) in [5.74, 6) is 1.35. The number of hydrogen-bond acceptors (Lipinski definition) is 4. The van der Waals surface area contributed by atoms with E-state index in [9.17, 15) is 5.11 Å². The fourth-order valence-corrected chi connectivity index (χ4v) is 1.86. The van der Waals surface area contributed by atoms with Crippen LogP contribution in [0.3, 0.4) is 0 Å². The van der Waals surface area contributed by atoms with Gasteiger partial charge < -0.3 is 19.9 Å². The Balaban J connectivity index is 2.93.